The quantitative estimate of drug-likeness (QED) is 0.414. The molecule has 0 amide bonds. The summed E-state index contributed by atoms with van der Waals surface area (Å²) in [5.74, 6) is 0. The summed E-state index contributed by atoms with van der Waals surface area (Å²) in [6.45, 7) is 0. The molecule has 0 aromatic heterocycles. The molecule has 0 bridgehead atoms. The normalized spacial score (nSPS) is 0. The van der Waals surface area contributed by atoms with Crippen LogP contribution in [0.1, 0.15) is 20.6 Å². The second kappa shape index (κ2) is 17.8. The zero-order valence-electron chi connectivity index (χ0n) is 5.41. The van der Waals surface area contributed by atoms with Crippen LogP contribution in [0.15, 0.2) is 0 Å². The van der Waals surface area contributed by atoms with E-state index in [-0.39, 0.29) is 96.0 Å². The average Bonchev–Trinajstić information content (AvgIpc) is 0. The smallest absolute Gasteiger partial charge is 1.00 e. The van der Waals surface area contributed by atoms with E-state index >= 15 is 0 Å². The van der Waals surface area contributed by atoms with Gasteiger partial charge < -0.3 is 5.71 Å². The minimum absolute atomic E-state index is 0. The fourth-order valence-corrected chi connectivity index (χ4v) is 0. The molecule has 24 valence electrons. The van der Waals surface area contributed by atoms with Crippen molar-refractivity contribution < 1.29 is 5.71 Å². The van der Waals surface area contributed by atoms with Crippen molar-refractivity contribution in [1.82, 2.24) is 0 Å². The molecular formula is C2H12Ca2. The van der Waals surface area contributed by atoms with Crippen molar-refractivity contribution in [3.05, 3.63) is 0 Å². The van der Waals surface area contributed by atoms with Gasteiger partial charge in [-0.25, -0.2) is 0 Å². The van der Waals surface area contributed by atoms with Gasteiger partial charge in [0.05, 0.1) is 0 Å². The molecule has 0 aromatic carbocycles. The molecule has 0 radical (unpaired) electrons. The predicted octanol–water partition coefficient (Wildman–Crippen LogP) is 0.961. The summed E-state index contributed by atoms with van der Waals surface area (Å²) in [5, 5.41) is 0. The molecule has 0 atom stereocenters. The molecular weight excluding hydrogens is 104 g/mol. The van der Waals surface area contributed by atoms with Gasteiger partial charge in [-0.05, 0) is 0 Å². The molecule has 2 heteroatoms. The van der Waals surface area contributed by atoms with Crippen LogP contribution in [0.25, 0.3) is 0 Å². The number of hydrogen-bond donors (Lipinski definition) is 0. The van der Waals surface area contributed by atoms with Crippen LogP contribution in [0.5, 0.6) is 0 Å². The summed E-state index contributed by atoms with van der Waals surface area (Å²) in [5.41, 5.74) is 0. The van der Waals surface area contributed by atoms with E-state index in [0.29, 0.717) is 0 Å². The Balaban J connectivity index is 0. The summed E-state index contributed by atoms with van der Waals surface area (Å²) in [4.78, 5) is 0. The zero-order valence-corrected chi connectivity index (χ0v) is 5.83. The number of rotatable bonds is 0. The predicted molar refractivity (Wildman–Crippen MR) is 29.4 cm³/mol. The van der Waals surface area contributed by atoms with Gasteiger partial charge in [-0.3, -0.25) is 0 Å². The molecule has 0 saturated carbocycles. The summed E-state index contributed by atoms with van der Waals surface area (Å²) in [6.07, 6.45) is 0. The first-order valence-electron chi connectivity index (χ1n) is 0. The van der Waals surface area contributed by atoms with Crippen LogP contribution >= 0.6 is 0 Å². The van der Waals surface area contributed by atoms with Crippen LogP contribution in [0.2, 0.25) is 0 Å². The summed E-state index contributed by atoms with van der Waals surface area (Å²) >= 11 is 0. The standard InChI is InChI=1S/2CH4.2Ca.4H/h2*1H4;;;;;;/q;;2*+2;4*-1. The maximum absolute atomic E-state index is 0. The van der Waals surface area contributed by atoms with Crippen molar-refractivity contribution in [3.8, 4) is 0 Å². The van der Waals surface area contributed by atoms with E-state index in [1.165, 1.54) is 0 Å². The average molecular weight is 116 g/mol. The molecule has 0 saturated heterocycles. The van der Waals surface area contributed by atoms with Crippen molar-refractivity contribution in [1.29, 1.82) is 0 Å². The Morgan fingerprint density at radius 2 is 0.750 bits per heavy atom. The van der Waals surface area contributed by atoms with E-state index in [4.69, 9.17) is 0 Å². The first kappa shape index (κ1) is 31.3. The largest absolute Gasteiger partial charge is 2.00 e. The molecule has 0 aliphatic rings. The van der Waals surface area contributed by atoms with Crippen molar-refractivity contribution >= 4 is 75.5 Å². The third-order valence-corrected chi connectivity index (χ3v) is 0. The fraction of sp³-hybridized carbons (Fsp3) is 1.00. The SMILES string of the molecule is C.C.[Ca+2].[Ca+2].[H-].[H-].[H-].[H-]. The van der Waals surface area contributed by atoms with Crippen molar-refractivity contribution in [3.63, 3.8) is 0 Å². The van der Waals surface area contributed by atoms with Gasteiger partial charge in [0.15, 0.2) is 0 Å². The summed E-state index contributed by atoms with van der Waals surface area (Å²) in [6, 6.07) is 0. The molecule has 0 heterocycles. The Morgan fingerprint density at radius 1 is 0.750 bits per heavy atom. The number of hydrogen-bond acceptors (Lipinski definition) is 0. The van der Waals surface area contributed by atoms with Gasteiger partial charge in [-0.2, -0.15) is 0 Å². The fourth-order valence-electron chi connectivity index (χ4n) is 0. The van der Waals surface area contributed by atoms with Crippen LogP contribution in [0, 0.1) is 0 Å². The Labute approximate surface area is 94.3 Å². The first-order valence-corrected chi connectivity index (χ1v) is 0. The van der Waals surface area contributed by atoms with Crippen LogP contribution in [-0.4, -0.2) is 75.5 Å². The first-order chi connectivity index (χ1) is 0. The van der Waals surface area contributed by atoms with Crippen LogP contribution in [-0.2, 0) is 0 Å². The molecule has 0 nitrogen and oxygen atoms in total. The molecule has 0 aliphatic carbocycles. The van der Waals surface area contributed by atoms with Gasteiger partial charge in [0.1, 0.15) is 0 Å². The molecule has 0 fully saturated rings. The molecule has 0 unspecified atom stereocenters. The van der Waals surface area contributed by atoms with Crippen molar-refractivity contribution in [2.75, 3.05) is 0 Å². The minimum Gasteiger partial charge on any atom is -1.00 e. The minimum atomic E-state index is 0. The second-order valence-electron chi connectivity index (χ2n) is 0. The van der Waals surface area contributed by atoms with Gasteiger partial charge in [0, 0.05) is 0 Å². The van der Waals surface area contributed by atoms with E-state index in [1.807, 2.05) is 0 Å². The van der Waals surface area contributed by atoms with Gasteiger partial charge in [-0.1, -0.05) is 14.9 Å². The molecule has 0 aromatic rings. The van der Waals surface area contributed by atoms with E-state index in [9.17, 15) is 0 Å². The molecule has 0 rings (SSSR count). The molecule has 4 heavy (non-hydrogen) atoms. The Kier molecular flexibility index (Phi) is 139. The summed E-state index contributed by atoms with van der Waals surface area (Å²) in [7, 11) is 0. The Morgan fingerprint density at radius 3 is 0.750 bits per heavy atom. The topological polar surface area (TPSA) is 0 Å². The Bertz CT molecular complexity index is 12.0. The van der Waals surface area contributed by atoms with Crippen molar-refractivity contribution in [2.24, 2.45) is 0 Å². The van der Waals surface area contributed by atoms with E-state index in [1.54, 1.807) is 0 Å². The van der Waals surface area contributed by atoms with Gasteiger partial charge in [-0.15, -0.1) is 0 Å². The zero-order chi connectivity index (χ0) is 0. The van der Waals surface area contributed by atoms with Gasteiger partial charge in [0.25, 0.3) is 0 Å². The third-order valence-electron chi connectivity index (χ3n) is 0. The Hall–Kier alpha value is 2.52. The van der Waals surface area contributed by atoms with E-state index in [2.05, 4.69) is 0 Å². The van der Waals surface area contributed by atoms with Crippen molar-refractivity contribution in [2.45, 2.75) is 14.9 Å². The van der Waals surface area contributed by atoms with Crippen LogP contribution in [0.3, 0.4) is 0 Å². The molecule has 0 N–H and O–H groups in total. The molecule has 0 spiro atoms. The van der Waals surface area contributed by atoms with Gasteiger partial charge >= 0.3 is 75.5 Å². The maximum atomic E-state index is 0. The van der Waals surface area contributed by atoms with Crippen LogP contribution in [0.4, 0.5) is 0 Å². The molecule has 0 aliphatic heterocycles. The second-order valence-corrected chi connectivity index (χ2v) is 0. The van der Waals surface area contributed by atoms with Gasteiger partial charge in [0.2, 0.25) is 0 Å². The van der Waals surface area contributed by atoms with E-state index in [0.717, 1.165) is 0 Å². The monoisotopic (exact) mass is 116 g/mol. The maximum Gasteiger partial charge on any atom is 2.00 e. The van der Waals surface area contributed by atoms with E-state index < -0.39 is 0 Å². The third kappa shape index (κ3) is 8.82. The summed E-state index contributed by atoms with van der Waals surface area (Å²) < 4.78 is 0. The van der Waals surface area contributed by atoms with Crippen LogP contribution < -0.4 is 0 Å².